The maximum absolute atomic E-state index is 13.8. The van der Waals surface area contributed by atoms with Crippen molar-refractivity contribution >= 4 is 33.4 Å². The minimum Gasteiger partial charge on any atom is -0.465 e. The minimum atomic E-state index is -6.37. The molecule has 8 nitrogen and oxygen atoms in total. The highest BCUT2D eigenvalue weighted by molar-refractivity contribution is 7.87. The van der Waals surface area contributed by atoms with Crippen molar-refractivity contribution in [2.24, 2.45) is 46.3 Å². The van der Waals surface area contributed by atoms with Gasteiger partial charge in [-0.1, -0.05) is 20.8 Å². The van der Waals surface area contributed by atoms with Crippen molar-refractivity contribution in [3.05, 3.63) is 0 Å². The number of halogens is 4. The van der Waals surface area contributed by atoms with Gasteiger partial charge in [-0.3, -0.25) is 23.7 Å². The predicted octanol–water partition coefficient (Wildman–Crippen LogP) is 5.04. The molecule has 4 aliphatic carbocycles. The lowest BCUT2D eigenvalue weighted by Gasteiger charge is -2.58. The van der Waals surface area contributed by atoms with E-state index in [0.29, 0.717) is 38.5 Å². The Morgan fingerprint density at radius 3 is 2.37 bits per heavy atom. The first-order chi connectivity index (χ1) is 18.8. The second-order valence-corrected chi connectivity index (χ2v) is 14.6. The van der Waals surface area contributed by atoms with Gasteiger partial charge in [-0.15, -0.1) is 0 Å². The van der Waals surface area contributed by atoms with Crippen molar-refractivity contribution in [2.75, 3.05) is 6.61 Å². The van der Waals surface area contributed by atoms with Gasteiger partial charge in [0.15, 0.2) is 0 Å². The highest BCUT2D eigenvalue weighted by Gasteiger charge is 2.67. The third-order valence-corrected chi connectivity index (χ3v) is 12.1. The lowest BCUT2D eigenvalue weighted by atomic mass is 9.44. The zero-order valence-electron chi connectivity index (χ0n) is 23.5. The van der Waals surface area contributed by atoms with E-state index in [1.165, 1.54) is 0 Å². The number of ether oxygens (including phenoxy) is 1. The Hall–Kier alpha value is -1.89. The fourth-order valence-corrected chi connectivity index (χ4v) is 9.12. The molecular weight excluding hydrogens is 572 g/mol. The maximum Gasteiger partial charge on any atom is 0.431 e. The summed E-state index contributed by atoms with van der Waals surface area (Å²) in [6.07, 6.45) is 1.73. The third-order valence-electron chi connectivity index (χ3n) is 11.1. The number of alkyl halides is 4. The zero-order valence-corrected chi connectivity index (χ0v) is 24.3. The van der Waals surface area contributed by atoms with Crippen LogP contribution in [0.25, 0.3) is 0 Å². The van der Waals surface area contributed by atoms with Crippen LogP contribution in [0.4, 0.5) is 17.6 Å². The number of esters is 1. The molecule has 0 radical (unpaired) electrons. The van der Waals surface area contributed by atoms with E-state index in [4.69, 9.17) is 4.55 Å². The lowest BCUT2D eigenvalue weighted by Crippen LogP contribution is -2.60. The van der Waals surface area contributed by atoms with Gasteiger partial charge in [0.05, 0.1) is 13.0 Å². The van der Waals surface area contributed by atoms with Crippen molar-refractivity contribution < 1.29 is 54.4 Å². The molecule has 4 rings (SSSR count). The van der Waals surface area contributed by atoms with Gasteiger partial charge < -0.3 is 4.74 Å². The molecule has 0 aromatic rings. The maximum atomic E-state index is 13.8. The molecule has 0 amide bonds. The van der Waals surface area contributed by atoms with E-state index in [1.54, 1.807) is 0 Å². The Morgan fingerprint density at radius 1 is 1.07 bits per heavy atom. The van der Waals surface area contributed by atoms with Gasteiger partial charge in [-0.2, -0.15) is 26.0 Å². The molecular formula is C28H38F4O8S. The highest BCUT2D eigenvalue weighted by atomic mass is 32.2. The summed E-state index contributed by atoms with van der Waals surface area (Å²) in [6, 6.07) is 0. The van der Waals surface area contributed by atoms with Crippen LogP contribution in [0.15, 0.2) is 0 Å². The number of Topliss-reactive ketones (excluding diaryl/α,β-unsaturated/α-hetero) is 3. The van der Waals surface area contributed by atoms with Gasteiger partial charge in [-0.25, -0.2) is 0 Å². The molecule has 4 aliphatic rings. The van der Waals surface area contributed by atoms with Gasteiger partial charge >= 0.3 is 27.3 Å². The Labute approximate surface area is 237 Å². The Morgan fingerprint density at radius 2 is 1.73 bits per heavy atom. The number of hydrogen-bond donors (Lipinski definition) is 1. The van der Waals surface area contributed by atoms with Gasteiger partial charge in [0, 0.05) is 43.4 Å². The summed E-state index contributed by atoms with van der Waals surface area (Å²) in [4.78, 5) is 51.6. The molecule has 4 fully saturated rings. The van der Waals surface area contributed by atoms with Crippen LogP contribution < -0.4 is 0 Å². The standard InChI is InChI=1S/C28H38F4O8S/c1-15(4-7-23(36)40-11-10-27(29,30)28(31,32)41(37,38)39)18-5-6-19-24-20(14-22(35)26(18,19)3)25(2)9-8-17(33)12-16(25)13-21(24)34/h15-16,18-20,24H,4-14H2,1-3H3,(H,37,38,39)/t15-,16?,18-,19+,20+,24?,25?,26?/m1/s1. The molecule has 8 atom stereocenters. The lowest BCUT2D eigenvalue weighted by molar-refractivity contribution is -0.174. The van der Waals surface area contributed by atoms with E-state index in [9.17, 15) is 45.2 Å². The molecule has 4 saturated carbocycles. The van der Waals surface area contributed by atoms with Crippen LogP contribution in [-0.4, -0.2) is 54.1 Å². The summed E-state index contributed by atoms with van der Waals surface area (Å²) >= 11 is 0. The van der Waals surface area contributed by atoms with E-state index >= 15 is 0 Å². The molecule has 0 aromatic heterocycles. The van der Waals surface area contributed by atoms with Gasteiger partial charge in [-0.05, 0) is 60.7 Å². The highest BCUT2D eigenvalue weighted by Crippen LogP contribution is 2.66. The first kappa shape index (κ1) is 32.0. The number of rotatable bonds is 9. The summed E-state index contributed by atoms with van der Waals surface area (Å²) in [5.74, 6) is -6.51. The Kier molecular flexibility index (Phi) is 8.34. The fourth-order valence-electron chi connectivity index (χ4n) is 8.64. The summed E-state index contributed by atoms with van der Waals surface area (Å²) in [6.45, 7) is 4.74. The van der Waals surface area contributed by atoms with Crippen LogP contribution in [0.1, 0.15) is 85.0 Å². The van der Waals surface area contributed by atoms with Crippen molar-refractivity contribution in [1.29, 1.82) is 0 Å². The van der Waals surface area contributed by atoms with Crippen LogP contribution in [0.2, 0.25) is 0 Å². The van der Waals surface area contributed by atoms with Crippen LogP contribution in [0.5, 0.6) is 0 Å². The normalized spacial score (nSPS) is 36.8. The van der Waals surface area contributed by atoms with Crippen LogP contribution >= 0.6 is 0 Å². The smallest absolute Gasteiger partial charge is 0.431 e. The average Bonchev–Trinajstić information content (AvgIpc) is 3.22. The molecule has 0 aliphatic heterocycles. The van der Waals surface area contributed by atoms with E-state index in [0.717, 1.165) is 0 Å². The number of ketones is 3. The summed E-state index contributed by atoms with van der Waals surface area (Å²) in [7, 11) is -6.37. The van der Waals surface area contributed by atoms with Gasteiger partial charge in [0.2, 0.25) is 0 Å². The fraction of sp³-hybridized carbons (Fsp3) is 0.857. The SMILES string of the molecule is C[C@H](CCC(=O)OCCC(F)(F)C(F)(F)S(=O)(=O)O)[C@H]1CC[C@H]2C3C(=O)CC4CC(=O)CCC4(C)[C@H]3CC(=O)C12C. The van der Waals surface area contributed by atoms with Crippen LogP contribution in [0.3, 0.4) is 0 Å². The van der Waals surface area contributed by atoms with E-state index < -0.39 is 45.7 Å². The van der Waals surface area contributed by atoms with E-state index in [1.807, 2.05) is 13.8 Å². The van der Waals surface area contributed by atoms with Crippen molar-refractivity contribution in [2.45, 2.75) is 96.2 Å². The average molecular weight is 611 g/mol. The topological polar surface area (TPSA) is 132 Å². The number of carbonyl (C=O) groups excluding carboxylic acids is 4. The number of hydrogen-bond acceptors (Lipinski definition) is 7. The quantitative estimate of drug-likeness (QED) is 0.218. The third kappa shape index (κ3) is 5.27. The van der Waals surface area contributed by atoms with Crippen LogP contribution in [-0.2, 0) is 34.0 Å². The molecule has 0 aromatic carbocycles. The second-order valence-electron chi connectivity index (χ2n) is 13.1. The number of carbonyl (C=O) groups is 4. The van der Waals surface area contributed by atoms with Gasteiger partial charge in [0.25, 0.3) is 0 Å². The monoisotopic (exact) mass is 610 g/mol. The Bertz CT molecular complexity index is 1220. The molecule has 4 unspecified atom stereocenters. The second kappa shape index (κ2) is 10.7. The van der Waals surface area contributed by atoms with E-state index in [2.05, 4.69) is 11.7 Å². The summed E-state index contributed by atoms with van der Waals surface area (Å²) in [5.41, 5.74) is -1.00. The van der Waals surface area contributed by atoms with Crippen LogP contribution in [0, 0.1) is 46.3 Å². The minimum absolute atomic E-state index is 0.0315. The first-order valence-corrected chi connectivity index (χ1v) is 15.7. The molecule has 0 spiro atoms. The summed E-state index contributed by atoms with van der Waals surface area (Å²) in [5, 5.41) is -5.73. The molecule has 0 saturated heterocycles. The van der Waals surface area contributed by atoms with Crippen molar-refractivity contribution in [1.82, 2.24) is 0 Å². The van der Waals surface area contributed by atoms with Crippen molar-refractivity contribution in [3.63, 3.8) is 0 Å². The predicted molar refractivity (Wildman–Crippen MR) is 136 cm³/mol. The molecule has 0 bridgehead atoms. The van der Waals surface area contributed by atoms with E-state index in [-0.39, 0.29) is 77.5 Å². The number of fused-ring (bicyclic) bond motifs is 5. The van der Waals surface area contributed by atoms with Gasteiger partial charge in [0.1, 0.15) is 17.3 Å². The first-order valence-electron chi connectivity index (χ1n) is 14.2. The molecule has 13 heteroatoms. The molecule has 41 heavy (non-hydrogen) atoms. The molecule has 0 heterocycles. The molecule has 1 N–H and O–H groups in total. The zero-order chi connectivity index (χ0) is 30.8. The largest absolute Gasteiger partial charge is 0.465 e. The Balaban J connectivity index is 1.37. The summed E-state index contributed by atoms with van der Waals surface area (Å²) < 4.78 is 88.1. The van der Waals surface area contributed by atoms with Crippen molar-refractivity contribution in [3.8, 4) is 0 Å². The molecule has 232 valence electrons.